The Morgan fingerprint density at radius 1 is 0.656 bits per heavy atom. The smallest absolute Gasteiger partial charge is 0.221 e. The van der Waals surface area contributed by atoms with Gasteiger partial charge in [-0.05, 0) is 52.6 Å². The van der Waals surface area contributed by atoms with Crippen molar-refractivity contribution in [3.8, 4) is 0 Å². The number of nitrogens with zero attached hydrogens (tertiary/aromatic N) is 2. The number of Topliss-reactive ketones (excluding diaryl/α,β-unsaturated/α-hetero) is 1. The summed E-state index contributed by atoms with van der Waals surface area (Å²) in [5.41, 5.74) is 0. The molecule has 0 aromatic carbocycles. The van der Waals surface area contributed by atoms with E-state index in [0.29, 0.717) is 24.3 Å². The van der Waals surface area contributed by atoms with Crippen molar-refractivity contribution < 1.29 is 9.59 Å². The van der Waals surface area contributed by atoms with Crippen molar-refractivity contribution in [2.24, 2.45) is 0 Å². The van der Waals surface area contributed by atoms with Gasteiger partial charge in [-0.1, -0.05) is 57.8 Å². The van der Waals surface area contributed by atoms with E-state index in [1.807, 2.05) is 0 Å². The highest BCUT2D eigenvalue weighted by Gasteiger charge is 2.19. The van der Waals surface area contributed by atoms with E-state index in [-0.39, 0.29) is 5.91 Å². The Labute approximate surface area is 198 Å². The Hall–Kier alpha value is -0.940. The van der Waals surface area contributed by atoms with Crippen LogP contribution in [0, 0.1) is 0 Å². The predicted octanol–water partition coefficient (Wildman–Crippen LogP) is 5.32. The van der Waals surface area contributed by atoms with Crippen molar-refractivity contribution in [1.29, 1.82) is 0 Å². The van der Waals surface area contributed by atoms with E-state index in [4.69, 9.17) is 0 Å². The van der Waals surface area contributed by atoms with Crippen LogP contribution in [0.25, 0.3) is 0 Å². The minimum Gasteiger partial charge on any atom is -0.356 e. The molecule has 186 valence electrons. The topological polar surface area (TPSA) is 52.7 Å². The predicted molar refractivity (Wildman–Crippen MR) is 134 cm³/mol. The van der Waals surface area contributed by atoms with Gasteiger partial charge >= 0.3 is 0 Å². The molecule has 0 heterocycles. The molecule has 0 unspecified atom stereocenters. The second-order valence-electron chi connectivity index (χ2n) is 10.5. The molecule has 0 aromatic heterocycles. The van der Waals surface area contributed by atoms with Crippen LogP contribution in [-0.2, 0) is 9.59 Å². The second-order valence-corrected chi connectivity index (χ2v) is 10.5. The monoisotopic (exact) mass is 449 g/mol. The lowest BCUT2D eigenvalue weighted by Gasteiger charge is -2.30. The van der Waals surface area contributed by atoms with Crippen LogP contribution in [-0.4, -0.2) is 67.3 Å². The molecule has 0 atom stereocenters. The zero-order valence-electron chi connectivity index (χ0n) is 21.2. The van der Waals surface area contributed by atoms with Crippen LogP contribution in [0.3, 0.4) is 0 Å². The van der Waals surface area contributed by atoms with E-state index in [9.17, 15) is 9.59 Å². The highest BCUT2D eigenvalue weighted by Crippen LogP contribution is 2.22. The molecular weight excluding hydrogens is 398 g/mol. The molecular formula is C27H51N3O2. The van der Waals surface area contributed by atoms with Crippen molar-refractivity contribution in [3.05, 3.63) is 0 Å². The Morgan fingerprint density at radius 2 is 1.16 bits per heavy atom. The summed E-state index contributed by atoms with van der Waals surface area (Å²) >= 11 is 0. The third-order valence-electron chi connectivity index (χ3n) is 7.79. The van der Waals surface area contributed by atoms with Gasteiger partial charge in [0.25, 0.3) is 0 Å². The lowest BCUT2D eigenvalue weighted by molar-refractivity contribution is -0.121. The van der Waals surface area contributed by atoms with Gasteiger partial charge < -0.3 is 15.1 Å². The minimum absolute atomic E-state index is 0.191. The summed E-state index contributed by atoms with van der Waals surface area (Å²) in [6, 6.07) is 1.39. The molecule has 32 heavy (non-hydrogen) atoms. The summed E-state index contributed by atoms with van der Waals surface area (Å²) in [6.45, 7) is 2.60. The van der Waals surface area contributed by atoms with Crippen molar-refractivity contribution in [3.63, 3.8) is 0 Å². The van der Waals surface area contributed by atoms with Crippen LogP contribution in [0.4, 0.5) is 0 Å². The van der Waals surface area contributed by atoms with Crippen LogP contribution in [0.15, 0.2) is 0 Å². The highest BCUT2D eigenvalue weighted by molar-refractivity contribution is 5.78. The van der Waals surface area contributed by atoms with Crippen LogP contribution in [0.2, 0.25) is 0 Å². The number of nitrogens with one attached hydrogen (secondary N) is 1. The standard InChI is InChI=1S/C27H51N3O2/c1-29(24-14-8-6-9-15-24)22-19-26(31)18-12-4-3-5-13-21-28-27(32)20-23-30(2)25-16-10-7-11-17-25/h24-25H,3-23H2,1-2H3,(H,28,32). The van der Waals surface area contributed by atoms with E-state index in [0.717, 1.165) is 64.6 Å². The van der Waals surface area contributed by atoms with Gasteiger partial charge in [-0.25, -0.2) is 0 Å². The number of ketones is 1. The van der Waals surface area contributed by atoms with Crippen molar-refractivity contribution in [2.75, 3.05) is 33.7 Å². The Kier molecular flexibility index (Phi) is 14.2. The maximum absolute atomic E-state index is 12.2. The van der Waals surface area contributed by atoms with Gasteiger partial charge in [-0.2, -0.15) is 0 Å². The molecule has 5 heteroatoms. The molecule has 2 saturated carbocycles. The number of rotatable bonds is 16. The Balaban J connectivity index is 1.37. The quantitative estimate of drug-likeness (QED) is 0.324. The third kappa shape index (κ3) is 11.8. The number of unbranched alkanes of at least 4 members (excludes halogenated alkanes) is 4. The molecule has 2 fully saturated rings. The lowest BCUT2D eigenvalue weighted by Crippen LogP contribution is -2.36. The normalized spacial score (nSPS) is 18.4. The van der Waals surface area contributed by atoms with Crippen LogP contribution in [0.5, 0.6) is 0 Å². The first-order chi connectivity index (χ1) is 15.6. The van der Waals surface area contributed by atoms with Gasteiger partial charge in [0.1, 0.15) is 5.78 Å². The molecule has 2 aliphatic carbocycles. The molecule has 1 N–H and O–H groups in total. The van der Waals surface area contributed by atoms with Gasteiger partial charge in [0, 0.05) is 51.0 Å². The summed E-state index contributed by atoms with van der Waals surface area (Å²) in [4.78, 5) is 29.0. The fraction of sp³-hybridized carbons (Fsp3) is 0.926. The third-order valence-corrected chi connectivity index (χ3v) is 7.79. The van der Waals surface area contributed by atoms with Gasteiger partial charge in [0.05, 0.1) is 0 Å². The SMILES string of the molecule is CN(CCC(=O)CCCCCCCNC(=O)CCN(C)C1CCCCC1)C1CCCCC1. The molecule has 0 radical (unpaired) electrons. The van der Waals surface area contributed by atoms with E-state index in [2.05, 4.69) is 29.2 Å². The Morgan fingerprint density at radius 3 is 1.75 bits per heavy atom. The van der Waals surface area contributed by atoms with Gasteiger partial charge in [0.2, 0.25) is 5.91 Å². The van der Waals surface area contributed by atoms with Crippen LogP contribution < -0.4 is 5.32 Å². The molecule has 1 amide bonds. The van der Waals surface area contributed by atoms with Gasteiger partial charge in [-0.15, -0.1) is 0 Å². The summed E-state index contributed by atoms with van der Waals surface area (Å²) < 4.78 is 0. The van der Waals surface area contributed by atoms with Crippen molar-refractivity contribution in [2.45, 2.75) is 128 Å². The zero-order chi connectivity index (χ0) is 23.0. The first-order valence-corrected chi connectivity index (χ1v) is 13.7. The number of hydrogen-bond donors (Lipinski definition) is 1. The first kappa shape index (κ1) is 27.3. The number of hydrogen-bond acceptors (Lipinski definition) is 4. The molecule has 5 nitrogen and oxygen atoms in total. The number of carbonyl (C=O) groups is 2. The molecule has 2 rings (SSSR count). The zero-order valence-corrected chi connectivity index (χ0v) is 21.2. The van der Waals surface area contributed by atoms with Crippen LogP contribution >= 0.6 is 0 Å². The Bertz CT molecular complexity index is 467. The first-order valence-electron chi connectivity index (χ1n) is 13.7. The average molecular weight is 450 g/mol. The average Bonchev–Trinajstić information content (AvgIpc) is 2.83. The fourth-order valence-electron chi connectivity index (χ4n) is 5.41. The van der Waals surface area contributed by atoms with Crippen molar-refractivity contribution >= 4 is 11.7 Å². The number of amides is 1. The summed E-state index contributed by atoms with van der Waals surface area (Å²) in [6.07, 6.45) is 20.9. The lowest BCUT2D eigenvalue weighted by atomic mass is 9.94. The van der Waals surface area contributed by atoms with Crippen LogP contribution in [0.1, 0.15) is 116 Å². The minimum atomic E-state index is 0.191. The molecule has 0 aromatic rings. The molecule has 0 spiro atoms. The summed E-state index contributed by atoms with van der Waals surface area (Å²) in [5, 5.41) is 3.08. The maximum Gasteiger partial charge on any atom is 0.221 e. The second kappa shape index (κ2) is 16.6. The van der Waals surface area contributed by atoms with E-state index >= 15 is 0 Å². The fourth-order valence-corrected chi connectivity index (χ4v) is 5.41. The largest absolute Gasteiger partial charge is 0.356 e. The van der Waals surface area contributed by atoms with Gasteiger partial charge in [0.15, 0.2) is 0 Å². The van der Waals surface area contributed by atoms with Crippen molar-refractivity contribution in [1.82, 2.24) is 15.1 Å². The van der Waals surface area contributed by atoms with Gasteiger partial charge in [-0.3, -0.25) is 9.59 Å². The maximum atomic E-state index is 12.2. The number of carbonyl (C=O) groups excluding carboxylic acids is 2. The molecule has 2 aliphatic rings. The highest BCUT2D eigenvalue weighted by atomic mass is 16.1. The summed E-state index contributed by atoms with van der Waals surface area (Å²) in [5.74, 6) is 0.620. The molecule has 0 saturated heterocycles. The van der Waals surface area contributed by atoms with E-state index < -0.39 is 0 Å². The summed E-state index contributed by atoms with van der Waals surface area (Å²) in [7, 11) is 4.36. The van der Waals surface area contributed by atoms with E-state index in [1.54, 1.807) is 0 Å². The molecule has 0 bridgehead atoms. The molecule has 0 aliphatic heterocycles. The van der Waals surface area contributed by atoms with E-state index in [1.165, 1.54) is 64.2 Å².